The number of carbonyl (C=O) groups is 3. The summed E-state index contributed by atoms with van der Waals surface area (Å²) in [5.74, 6) is -2.50. The minimum absolute atomic E-state index is 0.0458. The Balaban J connectivity index is 4.50. The summed E-state index contributed by atoms with van der Waals surface area (Å²) in [5.41, 5.74) is 0. The van der Waals surface area contributed by atoms with Gasteiger partial charge in [-0.05, 0) is 96.3 Å². The Morgan fingerprint density at radius 3 is 1.27 bits per heavy atom. The lowest BCUT2D eigenvalue weighted by Crippen LogP contribution is -2.44. The molecular formula is C58H89NO8. The van der Waals surface area contributed by atoms with Crippen molar-refractivity contribution in [2.24, 2.45) is 0 Å². The number of aliphatic carboxylic acids is 1. The number of esters is 2. The Hall–Kier alpha value is -4.83. The van der Waals surface area contributed by atoms with Gasteiger partial charge in [0.1, 0.15) is 13.2 Å². The van der Waals surface area contributed by atoms with Crippen molar-refractivity contribution in [3.05, 3.63) is 146 Å². The summed E-state index contributed by atoms with van der Waals surface area (Å²) >= 11 is 0. The maximum atomic E-state index is 12.8. The van der Waals surface area contributed by atoms with Gasteiger partial charge in [0.2, 0.25) is 0 Å². The number of unbranched alkanes of at least 4 members (excludes halogenated alkanes) is 5. The number of hydrogen-bond donors (Lipinski definition) is 0. The van der Waals surface area contributed by atoms with E-state index in [4.69, 9.17) is 18.9 Å². The monoisotopic (exact) mass is 928 g/mol. The molecule has 0 saturated carbocycles. The summed E-state index contributed by atoms with van der Waals surface area (Å²) in [6.07, 6.45) is 66.3. The average molecular weight is 928 g/mol. The summed E-state index contributed by atoms with van der Waals surface area (Å²) in [5, 5.41) is 11.7. The van der Waals surface area contributed by atoms with Crippen LogP contribution in [0, 0.1) is 0 Å². The van der Waals surface area contributed by atoms with E-state index in [1.165, 1.54) is 0 Å². The number of nitrogens with zero attached hydrogens (tertiary/aromatic N) is 1. The van der Waals surface area contributed by atoms with E-state index in [0.29, 0.717) is 23.9 Å². The van der Waals surface area contributed by atoms with Crippen molar-refractivity contribution in [2.75, 3.05) is 47.5 Å². The molecule has 0 fully saturated rings. The van der Waals surface area contributed by atoms with E-state index >= 15 is 0 Å². The maximum absolute atomic E-state index is 12.8. The summed E-state index contributed by atoms with van der Waals surface area (Å²) in [7, 11) is 5.86. The lowest BCUT2D eigenvalue weighted by molar-refractivity contribution is -0.870. The third-order valence-electron chi connectivity index (χ3n) is 9.61. The third-order valence-corrected chi connectivity index (χ3v) is 9.61. The number of likely N-dealkylation sites (N-methyl/N-ethyl adjacent to an activating group) is 1. The highest BCUT2D eigenvalue weighted by atomic mass is 16.7. The van der Waals surface area contributed by atoms with Crippen LogP contribution >= 0.6 is 0 Å². The van der Waals surface area contributed by atoms with Crippen molar-refractivity contribution in [1.82, 2.24) is 0 Å². The van der Waals surface area contributed by atoms with E-state index in [9.17, 15) is 19.5 Å². The summed E-state index contributed by atoms with van der Waals surface area (Å²) < 4.78 is 22.4. The molecule has 0 aromatic heterocycles. The van der Waals surface area contributed by atoms with Crippen molar-refractivity contribution < 1.29 is 42.9 Å². The van der Waals surface area contributed by atoms with Crippen LogP contribution in [-0.2, 0) is 33.3 Å². The number of ether oxygens (including phenoxy) is 4. The number of carboxylic acids is 1. The Labute approximate surface area is 407 Å². The zero-order chi connectivity index (χ0) is 49.2. The molecular weight excluding hydrogens is 839 g/mol. The van der Waals surface area contributed by atoms with Crippen LogP contribution < -0.4 is 5.11 Å². The van der Waals surface area contributed by atoms with Crippen LogP contribution in [0.1, 0.15) is 142 Å². The van der Waals surface area contributed by atoms with Crippen molar-refractivity contribution in [1.29, 1.82) is 0 Å². The molecule has 0 rings (SSSR count). The molecule has 0 aromatic rings. The van der Waals surface area contributed by atoms with Gasteiger partial charge in [0.25, 0.3) is 0 Å². The molecule has 0 heterocycles. The second-order valence-corrected chi connectivity index (χ2v) is 17.0. The normalized spacial score (nSPS) is 14.1. The molecule has 0 aliphatic carbocycles. The van der Waals surface area contributed by atoms with Crippen LogP contribution in [0.3, 0.4) is 0 Å². The van der Waals surface area contributed by atoms with Gasteiger partial charge in [-0.3, -0.25) is 9.59 Å². The van der Waals surface area contributed by atoms with Crippen molar-refractivity contribution in [3.63, 3.8) is 0 Å². The predicted molar refractivity (Wildman–Crippen MR) is 278 cm³/mol. The minimum Gasteiger partial charge on any atom is -0.545 e. The Morgan fingerprint density at radius 1 is 0.463 bits per heavy atom. The second-order valence-electron chi connectivity index (χ2n) is 17.0. The van der Waals surface area contributed by atoms with Crippen LogP contribution in [0.2, 0.25) is 0 Å². The van der Waals surface area contributed by atoms with Crippen molar-refractivity contribution in [2.45, 2.75) is 155 Å². The average Bonchev–Trinajstić information content (AvgIpc) is 3.29. The van der Waals surface area contributed by atoms with Gasteiger partial charge >= 0.3 is 11.9 Å². The Morgan fingerprint density at radius 2 is 0.851 bits per heavy atom. The van der Waals surface area contributed by atoms with E-state index in [2.05, 4.69) is 141 Å². The summed E-state index contributed by atoms with van der Waals surface area (Å²) in [4.78, 5) is 37.0. The zero-order valence-electron chi connectivity index (χ0n) is 42.2. The fraction of sp³-hybridized carbons (Fsp3) is 0.534. The van der Waals surface area contributed by atoms with Crippen LogP contribution in [0.25, 0.3) is 0 Å². The predicted octanol–water partition coefficient (Wildman–Crippen LogP) is 12.8. The first-order valence-corrected chi connectivity index (χ1v) is 25.0. The maximum Gasteiger partial charge on any atom is 0.309 e. The summed E-state index contributed by atoms with van der Waals surface area (Å²) in [6, 6.07) is 0. The van der Waals surface area contributed by atoms with Crippen LogP contribution in [0.5, 0.6) is 0 Å². The highest BCUT2D eigenvalue weighted by molar-refractivity contribution is 5.71. The minimum atomic E-state index is -1.66. The molecule has 0 spiro atoms. The number of allylic oxidation sites excluding steroid dienone is 23. The van der Waals surface area contributed by atoms with Gasteiger partial charge in [-0.1, -0.05) is 179 Å². The first-order valence-electron chi connectivity index (χ1n) is 25.0. The Bertz CT molecular complexity index is 1600. The molecule has 2 unspecified atom stereocenters. The molecule has 0 N–H and O–H groups in total. The van der Waals surface area contributed by atoms with Gasteiger partial charge in [-0.15, -0.1) is 0 Å². The van der Waals surface area contributed by atoms with Gasteiger partial charge in [-0.25, -0.2) is 0 Å². The summed E-state index contributed by atoms with van der Waals surface area (Å²) in [6.45, 7) is 4.33. The fourth-order valence-corrected chi connectivity index (χ4v) is 5.82. The quantitative estimate of drug-likeness (QED) is 0.0195. The molecule has 0 saturated heterocycles. The molecule has 0 amide bonds. The molecule has 2 atom stereocenters. The first-order chi connectivity index (χ1) is 32.6. The number of carboxylic acid groups (broad SMARTS) is 1. The molecule has 0 aliphatic heterocycles. The lowest BCUT2D eigenvalue weighted by atomic mass is 10.1. The molecule has 374 valence electrons. The molecule has 0 aliphatic rings. The van der Waals surface area contributed by atoms with E-state index in [1.807, 2.05) is 33.3 Å². The van der Waals surface area contributed by atoms with E-state index in [0.717, 1.165) is 103 Å². The SMILES string of the molecule is CC/C=C\C/C=C\C/C=C\C/C=C\C/C=C\C/C=C\C/C=C\CCCCCCCC(=O)OC(COC(=O)C/C=C\C/C=C\C/C=C\C/C=C\C/C=C\CC)COC(OCC[N+](C)(C)C)C(=O)[O-]. The zero-order valence-corrected chi connectivity index (χ0v) is 42.2. The van der Waals surface area contributed by atoms with E-state index in [-0.39, 0.29) is 32.7 Å². The standard InChI is InChI=1S/C58H89NO8/c1-6-8-10-12-14-16-18-20-22-23-24-25-26-27-28-29-30-31-32-33-35-37-39-41-43-45-47-49-56(61)67-54(53-66-58(57(62)63)64-51-50-59(3,4)5)52-65-55(60)48-46-44-42-40-38-36-34-21-19-17-15-13-11-9-7-2/h8-11,14-17,20-22,24-25,27-28,30-31,33-35,38,40,44,46,54,58H,6-7,12-13,18-19,23,26,29,32,36-37,39,41-43,45,47-53H2,1-5H3/b10-8-,11-9-,16-14-,17-15-,22-20-,25-24-,28-27-,31-30-,34-21-,35-33-,40-38-,46-44-. The lowest BCUT2D eigenvalue weighted by Gasteiger charge is -2.26. The molecule has 9 heteroatoms. The number of hydrogen-bond acceptors (Lipinski definition) is 8. The first kappa shape index (κ1) is 62.2. The van der Waals surface area contributed by atoms with Crippen molar-refractivity contribution in [3.8, 4) is 0 Å². The second kappa shape index (κ2) is 47.7. The topological polar surface area (TPSA) is 111 Å². The van der Waals surface area contributed by atoms with E-state index in [1.54, 1.807) is 6.08 Å². The largest absolute Gasteiger partial charge is 0.545 e. The van der Waals surface area contributed by atoms with Gasteiger partial charge in [0, 0.05) is 6.42 Å². The highest BCUT2D eigenvalue weighted by Crippen LogP contribution is 2.11. The van der Waals surface area contributed by atoms with Crippen molar-refractivity contribution >= 4 is 17.9 Å². The third kappa shape index (κ3) is 48.9. The van der Waals surface area contributed by atoms with Gasteiger partial charge in [0.15, 0.2) is 12.4 Å². The Kier molecular flexibility index (Phi) is 44.2. The number of quaternary nitrogens is 1. The van der Waals surface area contributed by atoms with E-state index < -0.39 is 30.3 Å². The molecule has 0 radical (unpaired) electrons. The van der Waals surface area contributed by atoms with Gasteiger partial charge in [-0.2, -0.15) is 0 Å². The van der Waals surface area contributed by atoms with Crippen LogP contribution in [0.4, 0.5) is 0 Å². The molecule has 0 bridgehead atoms. The van der Waals surface area contributed by atoms with Gasteiger partial charge < -0.3 is 33.3 Å². The highest BCUT2D eigenvalue weighted by Gasteiger charge is 2.21. The molecule has 67 heavy (non-hydrogen) atoms. The van der Waals surface area contributed by atoms with Gasteiger partial charge in [0.05, 0.1) is 46.7 Å². The number of rotatable bonds is 43. The van der Waals surface area contributed by atoms with Crippen LogP contribution in [0.15, 0.2) is 146 Å². The smallest absolute Gasteiger partial charge is 0.309 e. The molecule has 0 aromatic carbocycles. The molecule has 9 nitrogen and oxygen atoms in total. The number of carbonyl (C=O) groups excluding carboxylic acids is 3. The van der Waals surface area contributed by atoms with Crippen LogP contribution in [-0.4, -0.2) is 82.3 Å². The fourth-order valence-electron chi connectivity index (χ4n) is 5.82.